The minimum Gasteiger partial charge on any atom is -0.298 e. The van der Waals surface area contributed by atoms with Crippen LogP contribution in [0.1, 0.15) is 41.2 Å². The van der Waals surface area contributed by atoms with Crippen molar-refractivity contribution in [2.75, 3.05) is 11.1 Å². The number of nitrogens with one attached hydrogen (secondary N) is 1. The van der Waals surface area contributed by atoms with Crippen LogP contribution < -0.4 is 5.32 Å². The number of carbonyl (C=O) groups excluding carboxylic acids is 1. The molecule has 1 amide bonds. The van der Waals surface area contributed by atoms with Crippen LogP contribution in [0.15, 0.2) is 29.2 Å². The molecular weight excluding hydrogens is 312 g/mol. The van der Waals surface area contributed by atoms with Gasteiger partial charge < -0.3 is 0 Å². The lowest BCUT2D eigenvalue weighted by Gasteiger charge is -2.15. The van der Waals surface area contributed by atoms with E-state index in [1.807, 2.05) is 24.3 Å². The maximum Gasteiger partial charge on any atom is 0.257 e. The molecule has 1 aliphatic carbocycles. The third-order valence-electron chi connectivity index (χ3n) is 3.83. The van der Waals surface area contributed by atoms with Gasteiger partial charge in [-0.2, -0.15) is 0 Å². The van der Waals surface area contributed by atoms with E-state index in [9.17, 15) is 4.79 Å². The second-order valence-corrected chi connectivity index (χ2v) is 8.07. The van der Waals surface area contributed by atoms with Crippen LogP contribution in [0, 0.1) is 5.92 Å². The van der Waals surface area contributed by atoms with Gasteiger partial charge in [0, 0.05) is 15.3 Å². The Bertz CT molecular complexity index is 664. The van der Waals surface area contributed by atoms with Crippen molar-refractivity contribution in [1.29, 1.82) is 0 Å². The predicted molar refractivity (Wildman–Crippen MR) is 94.1 cm³/mol. The average molecular weight is 332 g/mol. The number of nitrogens with zero attached hydrogens (tertiary/aromatic N) is 1. The van der Waals surface area contributed by atoms with Crippen molar-refractivity contribution in [3.8, 4) is 0 Å². The molecule has 22 heavy (non-hydrogen) atoms. The van der Waals surface area contributed by atoms with Crippen LogP contribution in [-0.2, 0) is 12.8 Å². The first-order chi connectivity index (χ1) is 10.7. The molecule has 0 saturated carbocycles. The van der Waals surface area contributed by atoms with E-state index < -0.39 is 0 Å². The van der Waals surface area contributed by atoms with E-state index in [1.165, 1.54) is 21.9 Å². The minimum atomic E-state index is -0.0767. The molecule has 0 bridgehead atoms. The Kier molecular flexibility index (Phi) is 4.84. The maximum absolute atomic E-state index is 12.3. The first-order valence-electron chi connectivity index (χ1n) is 7.68. The third kappa shape index (κ3) is 3.52. The van der Waals surface area contributed by atoms with Crippen molar-refractivity contribution in [2.24, 2.45) is 5.92 Å². The van der Waals surface area contributed by atoms with Crippen LogP contribution in [0.2, 0.25) is 0 Å². The first-order valence-corrected chi connectivity index (χ1v) is 9.48. The molecule has 0 aliphatic heterocycles. The van der Waals surface area contributed by atoms with Gasteiger partial charge in [0.15, 0.2) is 5.13 Å². The summed E-state index contributed by atoms with van der Waals surface area (Å²) in [6.45, 7) is 4.40. The third-order valence-corrected chi connectivity index (χ3v) is 5.76. The molecule has 3 rings (SSSR count). The summed E-state index contributed by atoms with van der Waals surface area (Å²) in [7, 11) is 0. The van der Waals surface area contributed by atoms with Crippen molar-refractivity contribution >= 4 is 34.1 Å². The van der Waals surface area contributed by atoms with Crippen molar-refractivity contribution in [3.05, 3.63) is 40.4 Å². The van der Waals surface area contributed by atoms with Crippen LogP contribution in [0.3, 0.4) is 0 Å². The van der Waals surface area contributed by atoms with Gasteiger partial charge in [-0.25, -0.2) is 4.98 Å². The maximum atomic E-state index is 12.3. The second-order valence-electron chi connectivity index (χ2n) is 5.65. The smallest absolute Gasteiger partial charge is 0.257 e. The van der Waals surface area contributed by atoms with Crippen LogP contribution in [0.25, 0.3) is 0 Å². The number of aromatic nitrogens is 1. The minimum absolute atomic E-state index is 0.0767. The molecule has 1 atom stereocenters. The van der Waals surface area contributed by atoms with E-state index >= 15 is 0 Å². The number of carbonyl (C=O) groups is 1. The number of fused-ring (bicyclic) bond motifs is 1. The van der Waals surface area contributed by atoms with E-state index in [2.05, 4.69) is 24.1 Å². The first kappa shape index (κ1) is 15.6. The van der Waals surface area contributed by atoms with Crippen molar-refractivity contribution in [3.63, 3.8) is 0 Å². The second kappa shape index (κ2) is 6.84. The zero-order chi connectivity index (χ0) is 15.5. The molecule has 116 valence electrons. The summed E-state index contributed by atoms with van der Waals surface area (Å²) in [6.07, 6.45) is 3.32. The monoisotopic (exact) mass is 332 g/mol. The highest BCUT2D eigenvalue weighted by atomic mass is 32.2. The zero-order valence-corrected chi connectivity index (χ0v) is 14.5. The van der Waals surface area contributed by atoms with Gasteiger partial charge >= 0.3 is 0 Å². The highest BCUT2D eigenvalue weighted by Crippen LogP contribution is 2.32. The van der Waals surface area contributed by atoms with Crippen LogP contribution in [-0.4, -0.2) is 16.6 Å². The molecule has 0 unspecified atom stereocenters. The number of hydrogen-bond donors (Lipinski definition) is 1. The van der Waals surface area contributed by atoms with Gasteiger partial charge in [-0.15, -0.1) is 23.1 Å². The largest absolute Gasteiger partial charge is 0.298 e. The summed E-state index contributed by atoms with van der Waals surface area (Å²) in [5, 5.41) is 3.68. The fraction of sp³-hybridized carbons (Fsp3) is 0.412. The lowest BCUT2D eigenvalue weighted by Crippen LogP contribution is -2.11. The lowest BCUT2D eigenvalue weighted by atomic mass is 9.93. The fourth-order valence-corrected chi connectivity index (χ4v) is 4.46. The topological polar surface area (TPSA) is 42.0 Å². The molecule has 1 heterocycles. The van der Waals surface area contributed by atoms with E-state index in [4.69, 9.17) is 0 Å². The Morgan fingerprint density at radius 1 is 1.41 bits per heavy atom. The number of amides is 1. The zero-order valence-electron chi connectivity index (χ0n) is 12.9. The van der Waals surface area contributed by atoms with Gasteiger partial charge in [-0.05, 0) is 55.2 Å². The van der Waals surface area contributed by atoms with Crippen LogP contribution in [0.4, 0.5) is 5.13 Å². The molecule has 0 saturated heterocycles. The van der Waals surface area contributed by atoms with Gasteiger partial charge in [-0.1, -0.05) is 13.8 Å². The van der Waals surface area contributed by atoms with Gasteiger partial charge in [0.2, 0.25) is 0 Å². The van der Waals surface area contributed by atoms with Crippen molar-refractivity contribution in [1.82, 2.24) is 4.98 Å². The Balaban J connectivity index is 1.69. The predicted octanol–water partition coefficient (Wildman–Crippen LogP) is 4.63. The average Bonchev–Trinajstić information content (AvgIpc) is 2.89. The van der Waals surface area contributed by atoms with Crippen molar-refractivity contribution in [2.45, 2.75) is 38.0 Å². The van der Waals surface area contributed by atoms with E-state index in [0.717, 1.165) is 29.6 Å². The van der Waals surface area contributed by atoms with Crippen LogP contribution >= 0.6 is 23.1 Å². The molecule has 5 heteroatoms. The summed E-state index contributed by atoms with van der Waals surface area (Å²) >= 11 is 3.40. The summed E-state index contributed by atoms with van der Waals surface area (Å²) < 4.78 is 0. The molecule has 3 nitrogen and oxygen atoms in total. The van der Waals surface area contributed by atoms with E-state index in [0.29, 0.717) is 5.56 Å². The van der Waals surface area contributed by atoms with Crippen LogP contribution in [0.5, 0.6) is 0 Å². The highest BCUT2D eigenvalue weighted by Gasteiger charge is 2.20. The van der Waals surface area contributed by atoms with Crippen molar-refractivity contribution < 1.29 is 4.79 Å². The highest BCUT2D eigenvalue weighted by molar-refractivity contribution is 7.99. The normalized spacial score (nSPS) is 17.1. The van der Waals surface area contributed by atoms with Gasteiger partial charge in [0.25, 0.3) is 5.91 Å². The summed E-state index contributed by atoms with van der Waals surface area (Å²) in [5.74, 6) is 1.68. The molecule has 1 aliphatic rings. The number of thiazole rings is 1. The van der Waals surface area contributed by atoms with Gasteiger partial charge in [0.05, 0.1) is 5.69 Å². The van der Waals surface area contributed by atoms with E-state index in [-0.39, 0.29) is 5.91 Å². The van der Waals surface area contributed by atoms with E-state index in [1.54, 1.807) is 23.1 Å². The number of anilines is 1. The molecule has 1 aromatic carbocycles. The Morgan fingerprint density at radius 3 is 2.91 bits per heavy atom. The summed E-state index contributed by atoms with van der Waals surface area (Å²) in [4.78, 5) is 19.4. The molecule has 1 N–H and O–H groups in total. The molecule has 1 aromatic heterocycles. The SMILES string of the molecule is CCSc1ccc(C(=O)Nc2nc3c(s2)C[C@H](C)CC3)cc1. The summed E-state index contributed by atoms with van der Waals surface area (Å²) in [5.41, 5.74) is 1.86. The Labute approximate surface area is 139 Å². The quantitative estimate of drug-likeness (QED) is 0.830. The Hall–Kier alpha value is -1.33. The Morgan fingerprint density at radius 2 is 2.18 bits per heavy atom. The number of benzene rings is 1. The van der Waals surface area contributed by atoms with Gasteiger partial charge in [0.1, 0.15) is 0 Å². The number of hydrogen-bond acceptors (Lipinski definition) is 4. The number of aryl methyl sites for hydroxylation is 1. The number of rotatable bonds is 4. The lowest BCUT2D eigenvalue weighted by molar-refractivity contribution is 0.102. The standard InChI is InChI=1S/C17H20N2OS2/c1-3-21-13-7-5-12(6-8-13)16(20)19-17-18-14-9-4-11(2)10-15(14)22-17/h5-8,11H,3-4,9-10H2,1-2H3,(H,18,19,20)/t11-/m1/s1. The fourth-order valence-electron chi connectivity index (χ4n) is 2.63. The summed E-state index contributed by atoms with van der Waals surface area (Å²) in [6, 6.07) is 7.75. The molecule has 0 spiro atoms. The molecular formula is C17H20N2OS2. The molecule has 2 aromatic rings. The molecule has 0 fully saturated rings. The number of thioether (sulfide) groups is 1. The van der Waals surface area contributed by atoms with Gasteiger partial charge in [-0.3, -0.25) is 10.1 Å². The molecule has 0 radical (unpaired) electrons.